The summed E-state index contributed by atoms with van der Waals surface area (Å²) in [6.07, 6.45) is 2.01. The summed E-state index contributed by atoms with van der Waals surface area (Å²) in [5.74, 6) is -2.95. The van der Waals surface area contributed by atoms with Crippen molar-refractivity contribution in [3.05, 3.63) is 77.0 Å². The van der Waals surface area contributed by atoms with E-state index in [0.29, 0.717) is 11.1 Å². The Morgan fingerprint density at radius 3 is 2.33 bits per heavy atom. The van der Waals surface area contributed by atoms with Crippen molar-refractivity contribution < 1.29 is 13.3 Å². The summed E-state index contributed by atoms with van der Waals surface area (Å²) in [5.41, 5.74) is 5.41. The molecule has 4 rings (SSSR count). The van der Waals surface area contributed by atoms with Gasteiger partial charge in [0.25, 0.3) is 5.92 Å². The lowest BCUT2D eigenvalue weighted by molar-refractivity contribution is -0.660. The standard InChI is InChI=1S/C21H18F2N/c1-13-8-9-20(24(3)12-13)16-11-19-17(10-14(16)2)15-6-4-5-7-18(15)21(19,22)23/h4-12H,1-3H3/q+1. The third-order valence-electron chi connectivity index (χ3n) is 4.82. The molecule has 0 saturated carbocycles. The number of nitrogens with zero attached hydrogens (tertiary/aromatic N) is 1. The van der Waals surface area contributed by atoms with E-state index in [-0.39, 0.29) is 11.1 Å². The van der Waals surface area contributed by atoms with E-state index in [2.05, 4.69) is 0 Å². The molecule has 0 N–H and O–H groups in total. The van der Waals surface area contributed by atoms with Gasteiger partial charge in [-0.25, -0.2) is 4.57 Å². The van der Waals surface area contributed by atoms with Crippen molar-refractivity contribution >= 4 is 0 Å². The van der Waals surface area contributed by atoms with Crippen LogP contribution in [0.4, 0.5) is 8.78 Å². The maximum atomic E-state index is 14.9. The molecule has 0 unspecified atom stereocenters. The van der Waals surface area contributed by atoms with Crippen molar-refractivity contribution in [1.29, 1.82) is 0 Å². The van der Waals surface area contributed by atoms with Gasteiger partial charge < -0.3 is 0 Å². The molecule has 1 aliphatic carbocycles. The summed E-state index contributed by atoms with van der Waals surface area (Å²) in [4.78, 5) is 0. The highest BCUT2D eigenvalue weighted by Gasteiger charge is 2.44. The molecule has 0 saturated heterocycles. The van der Waals surface area contributed by atoms with Gasteiger partial charge in [0.2, 0.25) is 5.69 Å². The lowest BCUT2D eigenvalue weighted by Gasteiger charge is -2.14. The van der Waals surface area contributed by atoms with Crippen molar-refractivity contribution in [3.63, 3.8) is 0 Å². The Bertz CT molecular complexity index is 974. The molecule has 0 atom stereocenters. The molecule has 3 heteroatoms. The minimum atomic E-state index is -2.95. The Morgan fingerprint density at radius 1 is 0.833 bits per heavy atom. The molecule has 1 aliphatic rings. The SMILES string of the molecule is Cc1ccc(-c2cc3c(cc2C)-c2ccccc2C3(F)F)[n+](C)c1. The third kappa shape index (κ3) is 2.01. The molecule has 1 heterocycles. The van der Waals surface area contributed by atoms with E-state index >= 15 is 0 Å². The van der Waals surface area contributed by atoms with Crippen LogP contribution in [0, 0.1) is 13.8 Å². The number of benzene rings is 2. The predicted molar refractivity (Wildman–Crippen MR) is 91.0 cm³/mol. The van der Waals surface area contributed by atoms with Crippen LogP contribution < -0.4 is 4.57 Å². The number of aryl methyl sites for hydroxylation is 3. The topological polar surface area (TPSA) is 3.88 Å². The average Bonchev–Trinajstić information content (AvgIpc) is 2.75. The van der Waals surface area contributed by atoms with E-state index in [4.69, 9.17) is 0 Å². The third-order valence-corrected chi connectivity index (χ3v) is 4.82. The van der Waals surface area contributed by atoms with Crippen LogP contribution in [0.15, 0.2) is 54.7 Å². The van der Waals surface area contributed by atoms with Gasteiger partial charge >= 0.3 is 0 Å². The molecule has 1 aromatic heterocycles. The summed E-state index contributed by atoms with van der Waals surface area (Å²) in [5, 5.41) is 0. The van der Waals surface area contributed by atoms with Crippen LogP contribution in [-0.2, 0) is 13.0 Å². The van der Waals surface area contributed by atoms with Crippen LogP contribution in [0.25, 0.3) is 22.4 Å². The van der Waals surface area contributed by atoms with Crippen molar-refractivity contribution in [3.8, 4) is 22.4 Å². The molecule has 3 aromatic rings. The van der Waals surface area contributed by atoms with Gasteiger partial charge in [-0.2, -0.15) is 8.78 Å². The predicted octanol–water partition coefficient (Wildman–Crippen LogP) is 4.92. The minimum Gasteiger partial charge on any atom is -0.201 e. The molecular formula is C21H18F2N+. The van der Waals surface area contributed by atoms with Gasteiger partial charge in [0.1, 0.15) is 7.05 Å². The molecule has 0 spiro atoms. The number of hydrogen-bond donors (Lipinski definition) is 0. The fraction of sp³-hybridized carbons (Fsp3) is 0.190. The van der Waals surface area contributed by atoms with Crippen LogP contribution in [0.5, 0.6) is 0 Å². The monoisotopic (exact) mass is 322 g/mol. The van der Waals surface area contributed by atoms with Crippen LogP contribution in [0.2, 0.25) is 0 Å². The number of hydrogen-bond acceptors (Lipinski definition) is 0. The second kappa shape index (κ2) is 4.97. The van der Waals surface area contributed by atoms with Gasteiger partial charge in [-0.3, -0.25) is 0 Å². The van der Waals surface area contributed by atoms with Gasteiger partial charge in [0, 0.05) is 28.3 Å². The second-order valence-corrected chi connectivity index (χ2v) is 6.54. The Morgan fingerprint density at radius 2 is 1.58 bits per heavy atom. The zero-order chi connectivity index (χ0) is 17.1. The number of aromatic nitrogens is 1. The number of alkyl halides is 2. The van der Waals surface area contributed by atoms with E-state index in [1.54, 1.807) is 18.2 Å². The Balaban J connectivity index is 1.98. The molecule has 0 amide bonds. The largest absolute Gasteiger partial charge is 0.299 e. The number of halogens is 2. The maximum Gasteiger partial charge on any atom is 0.299 e. The zero-order valence-corrected chi connectivity index (χ0v) is 13.9. The number of rotatable bonds is 1. The molecule has 0 radical (unpaired) electrons. The van der Waals surface area contributed by atoms with Crippen LogP contribution >= 0.6 is 0 Å². The van der Waals surface area contributed by atoms with Crippen molar-refractivity contribution in [2.24, 2.45) is 7.05 Å². The summed E-state index contributed by atoms with van der Waals surface area (Å²) >= 11 is 0. The number of pyridine rings is 1. The van der Waals surface area contributed by atoms with Crippen molar-refractivity contribution in [2.75, 3.05) is 0 Å². The minimum absolute atomic E-state index is 0.102. The first kappa shape index (κ1) is 15.0. The summed E-state index contributed by atoms with van der Waals surface area (Å²) in [7, 11) is 1.95. The van der Waals surface area contributed by atoms with Gasteiger partial charge in [-0.15, -0.1) is 0 Å². The molecule has 1 nitrogen and oxygen atoms in total. The highest BCUT2D eigenvalue weighted by Crippen LogP contribution is 2.52. The molecule has 0 bridgehead atoms. The van der Waals surface area contributed by atoms with E-state index in [0.717, 1.165) is 22.4 Å². The highest BCUT2D eigenvalue weighted by molar-refractivity contribution is 5.83. The van der Waals surface area contributed by atoms with Gasteiger partial charge in [0.05, 0.1) is 0 Å². The summed E-state index contributed by atoms with van der Waals surface area (Å²) < 4.78 is 31.8. The molecule has 120 valence electrons. The van der Waals surface area contributed by atoms with Crippen molar-refractivity contribution in [1.82, 2.24) is 0 Å². The van der Waals surface area contributed by atoms with Gasteiger partial charge in [-0.1, -0.05) is 30.3 Å². The average molecular weight is 322 g/mol. The van der Waals surface area contributed by atoms with E-state index in [9.17, 15) is 8.78 Å². The van der Waals surface area contributed by atoms with Crippen LogP contribution in [0.1, 0.15) is 22.3 Å². The Hall–Kier alpha value is -2.55. The normalized spacial score (nSPS) is 14.4. The first-order valence-corrected chi connectivity index (χ1v) is 7.99. The summed E-state index contributed by atoms with van der Waals surface area (Å²) in [6, 6.07) is 14.3. The maximum absolute atomic E-state index is 14.9. The number of fused-ring (bicyclic) bond motifs is 3. The van der Waals surface area contributed by atoms with Gasteiger partial charge in [-0.05, 0) is 42.7 Å². The Labute approximate surface area is 140 Å². The lowest BCUT2D eigenvalue weighted by Crippen LogP contribution is -2.31. The van der Waals surface area contributed by atoms with Crippen LogP contribution in [-0.4, -0.2) is 0 Å². The molecule has 2 aromatic carbocycles. The fourth-order valence-electron chi connectivity index (χ4n) is 3.63. The first-order chi connectivity index (χ1) is 11.4. The molecular weight excluding hydrogens is 304 g/mol. The molecule has 0 aliphatic heterocycles. The van der Waals surface area contributed by atoms with E-state index in [1.165, 1.54) is 6.07 Å². The van der Waals surface area contributed by atoms with Gasteiger partial charge in [0.15, 0.2) is 6.20 Å². The van der Waals surface area contributed by atoms with E-state index in [1.807, 2.05) is 55.9 Å². The highest BCUT2D eigenvalue weighted by atomic mass is 19.3. The second-order valence-electron chi connectivity index (χ2n) is 6.54. The molecule has 24 heavy (non-hydrogen) atoms. The zero-order valence-electron chi connectivity index (χ0n) is 13.9. The fourth-order valence-corrected chi connectivity index (χ4v) is 3.63. The lowest BCUT2D eigenvalue weighted by atomic mass is 9.96. The van der Waals surface area contributed by atoms with Crippen molar-refractivity contribution in [2.45, 2.75) is 19.8 Å². The first-order valence-electron chi connectivity index (χ1n) is 7.99. The smallest absolute Gasteiger partial charge is 0.201 e. The van der Waals surface area contributed by atoms with E-state index < -0.39 is 5.92 Å². The Kier molecular flexibility index (Phi) is 3.11. The van der Waals surface area contributed by atoms with Crippen LogP contribution in [0.3, 0.4) is 0 Å². The quantitative estimate of drug-likeness (QED) is 0.560. The molecule has 0 fully saturated rings. The summed E-state index contributed by atoms with van der Waals surface area (Å²) in [6.45, 7) is 4.00.